The van der Waals surface area contributed by atoms with Crippen LogP contribution in [0.25, 0.3) is 11.0 Å². The number of aryl methyl sites for hydroxylation is 1. The van der Waals surface area contributed by atoms with Crippen molar-refractivity contribution >= 4 is 40.3 Å². The molecule has 0 fully saturated rings. The second-order valence-corrected chi connectivity index (χ2v) is 9.07. The second kappa shape index (κ2) is 9.80. The number of hydrogen-bond donors (Lipinski definition) is 3. The molecule has 1 aromatic heterocycles. The summed E-state index contributed by atoms with van der Waals surface area (Å²) in [5.74, 6) is 0.883. The summed E-state index contributed by atoms with van der Waals surface area (Å²) in [4.78, 5) is 32.9. The number of carbonyl (C=O) groups excluding carboxylic acids is 2. The number of hydrogen-bond acceptors (Lipinski definition) is 4. The number of nitrogens with one attached hydrogen (secondary N) is 3. The highest BCUT2D eigenvalue weighted by Gasteiger charge is 2.24. The van der Waals surface area contributed by atoms with Crippen molar-refractivity contribution in [3.8, 4) is 0 Å². The van der Waals surface area contributed by atoms with Crippen molar-refractivity contribution in [1.29, 1.82) is 0 Å². The van der Waals surface area contributed by atoms with Gasteiger partial charge in [-0.1, -0.05) is 43.7 Å². The summed E-state index contributed by atoms with van der Waals surface area (Å²) in [5.41, 5.74) is 3.72. The first-order valence-electron chi connectivity index (χ1n) is 10.1. The van der Waals surface area contributed by atoms with Crippen molar-refractivity contribution in [3.05, 3.63) is 59.9 Å². The van der Waals surface area contributed by atoms with Gasteiger partial charge >= 0.3 is 0 Å². The molecule has 2 unspecified atom stereocenters. The minimum absolute atomic E-state index is 0.109. The molecule has 7 heteroatoms. The summed E-state index contributed by atoms with van der Waals surface area (Å²) in [6, 6.07) is 15.2. The Bertz CT molecular complexity index is 980. The van der Waals surface area contributed by atoms with Crippen LogP contribution >= 0.6 is 11.8 Å². The van der Waals surface area contributed by atoms with E-state index in [9.17, 15) is 9.59 Å². The first-order valence-corrected chi connectivity index (χ1v) is 11.1. The van der Waals surface area contributed by atoms with Gasteiger partial charge in [0.25, 0.3) is 0 Å². The Morgan fingerprint density at radius 1 is 1.07 bits per heavy atom. The molecule has 0 aliphatic rings. The smallest absolute Gasteiger partial charge is 0.234 e. The Labute approximate surface area is 181 Å². The van der Waals surface area contributed by atoms with E-state index >= 15 is 0 Å². The molecule has 0 saturated heterocycles. The van der Waals surface area contributed by atoms with E-state index in [0.29, 0.717) is 0 Å². The summed E-state index contributed by atoms with van der Waals surface area (Å²) in [6.45, 7) is 7.91. The predicted molar refractivity (Wildman–Crippen MR) is 124 cm³/mol. The number of para-hydroxylation sites is 2. The van der Waals surface area contributed by atoms with E-state index in [4.69, 9.17) is 0 Å². The number of amides is 2. The maximum atomic E-state index is 12.7. The van der Waals surface area contributed by atoms with Crippen LogP contribution in [0.15, 0.2) is 48.5 Å². The molecule has 0 saturated carbocycles. The maximum absolute atomic E-state index is 12.7. The van der Waals surface area contributed by atoms with Crippen LogP contribution in [0.1, 0.15) is 38.2 Å². The third-order valence-electron chi connectivity index (χ3n) is 4.84. The molecule has 30 heavy (non-hydrogen) atoms. The SMILES string of the molecule is Cc1ccc(NC(=O)CSC(C)C(=O)NC(c2nc3ccccc3[nH]2)C(C)C)cc1. The van der Waals surface area contributed by atoms with E-state index in [1.807, 2.05) is 76.2 Å². The summed E-state index contributed by atoms with van der Waals surface area (Å²) in [6.07, 6.45) is 0. The van der Waals surface area contributed by atoms with Crippen LogP contribution in [0.5, 0.6) is 0 Å². The summed E-state index contributed by atoms with van der Waals surface area (Å²) in [7, 11) is 0. The number of aromatic amines is 1. The third-order valence-corrected chi connectivity index (χ3v) is 5.98. The fourth-order valence-electron chi connectivity index (χ4n) is 3.05. The number of fused-ring (bicyclic) bond motifs is 1. The predicted octanol–water partition coefficient (Wildman–Crippen LogP) is 4.45. The highest BCUT2D eigenvalue weighted by Crippen LogP contribution is 2.23. The van der Waals surface area contributed by atoms with Crippen LogP contribution in [-0.4, -0.2) is 32.8 Å². The molecule has 158 valence electrons. The van der Waals surface area contributed by atoms with Crippen molar-refractivity contribution in [2.45, 2.75) is 39.0 Å². The molecule has 2 aromatic carbocycles. The average molecular weight is 425 g/mol. The number of H-pyrrole nitrogens is 1. The first kappa shape index (κ1) is 21.9. The molecular weight excluding hydrogens is 396 g/mol. The lowest BCUT2D eigenvalue weighted by molar-refractivity contribution is -0.121. The normalized spacial score (nSPS) is 13.2. The van der Waals surface area contributed by atoms with Crippen molar-refractivity contribution < 1.29 is 9.59 Å². The Kier molecular flexibility index (Phi) is 7.15. The zero-order valence-corrected chi connectivity index (χ0v) is 18.5. The van der Waals surface area contributed by atoms with E-state index in [2.05, 4.69) is 20.6 Å². The van der Waals surface area contributed by atoms with Gasteiger partial charge in [0, 0.05) is 5.69 Å². The fourth-order valence-corrected chi connectivity index (χ4v) is 3.74. The van der Waals surface area contributed by atoms with Crippen LogP contribution in [0, 0.1) is 12.8 Å². The Morgan fingerprint density at radius 2 is 1.77 bits per heavy atom. The van der Waals surface area contributed by atoms with Crippen LogP contribution in [0.4, 0.5) is 5.69 Å². The van der Waals surface area contributed by atoms with Crippen molar-refractivity contribution in [2.75, 3.05) is 11.1 Å². The minimum atomic E-state index is -0.362. The van der Waals surface area contributed by atoms with Gasteiger partial charge in [-0.15, -0.1) is 11.8 Å². The van der Waals surface area contributed by atoms with Gasteiger partial charge in [0.1, 0.15) is 5.82 Å². The standard InChI is InChI=1S/C23H28N4O2S/c1-14(2)21(22-25-18-7-5-6-8-19(18)26-22)27-23(29)16(4)30-13-20(28)24-17-11-9-15(3)10-12-17/h5-12,14,16,21H,13H2,1-4H3,(H,24,28)(H,25,26)(H,27,29). The maximum Gasteiger partial charge on any atom is 0.234 e. The highest BCUT2D eigenvalue weighted by molar-refractivity contribution is 8.01. The number of nitrogens with zero attached hydrogens (tertiary/aromatic N) is 1. The van der Waals surface area contributed by atoms with Crippen LogP contribution in [0.2, 0.25) is 0 Å². The van der Waals surface area contributed by atoms with Crippen molar-refractivity contribution in [2.24, 2.45) is 5.92 Å². The van der Waals surface area contributed by atoms with Crippen molar-refractivity contribution in [1.82, 2.24) is 15.3 Å². The van der Waals surface area contributed by atoms with Gasteiger partial charge in [-0.3, -0.25) is 9.59 Å². The number of carbonyl (C=O) groups is 2. The van der Waals surface area contributed by atoms with E-state index in [1.54, 1.807) is 0 Å². The Hall–Kier alpha value is -2.80. The van der Waals surface area contributed by atoms with E-state index in [-0.39, 0.29) is 34.8 Å². The lowest BCUT2D eigenvalue weighted by Gasteiger charge is -2.22. The minimum Gasteiger partial charge on any atom is -0.345 e. The van der Waals surface area contributed by atoms with Crippen LogP contribution < -0.4 is 10.6 Å². The van der Waals surface area contributed by atoms with Gasteiger partial charge < -0.3 is 15.6 Å². The molecule has 0 bridgehead atoms. The van der Waals surface area contributed by atoms with Gasteiger partial charge in [-0.25, -0.2) is 4.98 Å². The number of thioether (sulfide) groups is 1. The first-order chi connectivity index (χ1) is 14.3. The zero-order chi connectivity index (χ0) is 21.7. The summed E-state index contributed by atoms with van der Waals surface area (Å²) in [5, 5.41) is 5.58. The number of rotatable bonds is 8. The van der Waals surface area contributed by atoms with Crippen LogP contribution in [0.3, 0.4) is 0 Å². The average Bonchev–Trinajstić information content (AvgIpc) is 3.15. The van der Waals surface area contributed by atoms with Crippen molar-refractivity contribution in [3.63, 3.8) is 0 Å². The molecule has 0 aliphatic heterocycles. The monoisotopic (exact) mass is 424 g/mol. The summed E-state index contributed by atoms with van der Waals surface area (Å²) >= 11 is 1.31. The van der Waals surface area contributed by atoms with Gasteiger partial charge in [0.2, 0.25) is 11.8 Å². The lowest BCUT2D eigenvalue weighted by Crippen LogP contribution is -2.37. The molecule has 6 nitrogen and oxygen atoms in total. The second-order valence-electron chi connectivity index (χ2n) is 7.74. The molecule has 0 radical (unpaired) electrons. The van der Waals surface area contributed by atoms with Crippen LogP contribution in [-0.2, 0) is 9.59 Å². The van der Waals surface area contributed by atoms with E-state index < -0.39 is 0 Å². The number of anilines is 1. The molecular formula is C23H28N4O2S. The Morgan fingerprint density at radius 3 is 2.43 bits per heavy atom. The molecule has 1 heterocycles. The topological polar surface area (TPSA) is 86.9 Å². The number of imidazole rings is 1. The van der Waals surface area contributed by atoms with Gasteiger partial charge in [-0.2, -0.15) is 0 Å². The lowest BCUT2D eigenvalue weighted by atomic mass is 10.0. The zero-order valence-electron chi connectivity index (χ0n) is 17.7. The van der Waals surface area contributed by atoms with E-state index in [1.165, 1.54) is 11.8 Å². The summed E-state index contributed by atoms with van der Waals surface area (Å²) < 4.78 is 0. The van der Waals surface area contributed by atoms with Gasteiger partial charge in [-0.05, 0) is 44.0 Å². The number of aromatic nitrogens is 2. The quantitative estimate of drug-likeness (QED) is 0.499. The largest absolute Gasteiger partial charge is 0.345 e. The fraction of sp³-hybridized carbons (Fsp3) is 0.348. The molecule has 0 spiro atoms. The molecule has 2 amide bonds. The molecule has 0 aliphatic carbocycles. The molecule has 2 atom stereocenters. The highest BCUT2D eigenvalue weighted by atomic mass is 32.2. The molecule has 3 aromatic rings. The molecule has 3 N–H and O–H groups in total. The van der Waals surface area contributed by atoms with E-state index in [0.717, 1.165) is 28.1 Å². The van der Waals surface area contributed by atoms with Gasteiger partial charge in [0.05, 0.1) is 28.1 Å². The van der Waals surface area contributed by atoms with Gasteiger partial charge in [0.15, 0.2) is 0 Å². The molecule has 3 rings (SSSR count). The third kappa shape index (κ3) is 5.63. The Balaban J connectivity index is 1.56. The number of benzene rings is 2.